The van der Waals surface area contributed by atoms with Crippen LogP contribution in [0.15, 0.2) is 52.4 Å². The number of piperidine rings is 1. The Hall–Kier alpha value is -3.46. The minimum Gasteiger partial charge on any atom is -0.351 e. The zero-order chi connectivity index (χ0) is 24.5. The van der Waals surface area contributed by atoms with Crippen molar-refractivity contribution in [1.82, 2.24) is 15.0 Å². The Morgan fingerprint density at radius 2 is 1.74 bits per heavy atom. The highest BCUT2D eigenvalue weighted by Crippen LogP contribution is 2.42. The summed E-state index contributed by atoms with van der Waals surface area (Å²) in [7, 11) is 0. The van der Waals surface area contributed by atoms with Crippen molar-refractivity contribution in [2.24, 2.45) is 5.92 Å². The molecule has 1 aromatic carbocycles. The molecular weight excluding hydrogens is 464 g/mol. The maximum Gasteiger partial charge on any atom is 0.292 e. The molecule has 2 unspecified atom stereocenters. The molecule has 2 aromatic heterocycles. The van der Waals surface area contributed by atoms with Crippen molar-refractivity contribution in [3.05, 3.63) is 69.7 Å². The van der Waals surface area contributed by atoms with Crippen molar-refractivity contribution in [1.29, 1.82) is 0 Å². The van der Waals surface area contributed by atoms with Gasteiger partial charge >= 0.3 is 0 Å². The zero-order valence-corrected chi connectivity index (χ0v) is 20.7. The Balaban J connectivity index is 1.35. The number of benzene rings is 1. The molecule has 0 N–H and O–H groups in total. The SMILES string of the molecule is Cc1ccc(N2C(=O)CCC(C(=O)N3CCN(C(=O)c4cc(C)no4)CC3)C2c2cccs2)cc1. The number of piperazine rings is 1. The lowest BCUT2D eigenvalue weighted by Crippen LogP contribution is -2.55. The van der Waals surface area contributed by atoms with Gasteiger partial charge in [0.1, 0.15) is 0 Å². The molecule has 5 rings (SSSR count). The predicted molar refractivity (Wildman–Crippen MR) is 132 cm³/mol. The molecule has 182 valence electrons. The average Bonchev–Trinajstić information content (AvgIpc) is 3.56. The van der Waals surface area contributed by atoms with E-state index in [1.54, 1.807) is 29.2 Å². The number of aryl methyl sites for hydroxylation is 2. The third-order valence-corrected chi connectivity index (χ3v) is 7.72. The van der Waals surface area contributed by atoms with Crippen molar-refractivity contribution in [3.63, 3.8) is 0 Å². The first kappa shape index (κ1) is 23.3. The van der Waals surface area contributed by atoms with Gasteiger partial charge in [-0.3, -0.25) is 14.4 Å². The van der Waals surface area contributed by atoms with E-state index in [0.29, 0.717) is 44.7 Å². The number of rotatable bonds is 4. The molecule has 4 heterocycles. The molecule has 2 aliphatic rings. The molecule has 2 saturated heterocycles. The fraction of sp³-hybridized carbons (Fsp3) is 0.385. The third-order valence-electron chi connectivity index (χ3n) is 6.78. The van der Waals surface area contributed by atoms with Crippen LogP contribution in [0.3, 0.4) is 0 Å². The molecule has 3 amide bonds. The molecular formula is C26H28N4O4S. The number of amides is 3. The van der Waals surface area contributed by atoms with E-state index in [-0.39, 0.29) is 35.4 Å². The van der Waals surface area contributed by atoms with Crippen molar-refractivity contribution in [3.8, 4) is 0 Å². The summed E-state index contributed by atoms with van der Waals surface area (Å²) in [5, 5.41) is 5.78. The number of hydrogen-bond donors (Lipinski definition) is 0. The molecule has 0 bridgehead atoms. The molecule has 0 radical (unpaired) electrons. The lowest BCUT2D eigenvalue weighted by atomic mass is 9.85. The lowest BCUT2D eigenvalue weighted by Gasteiger charge is -2.43. The Morgan fingerprint density at radius 1 is 1.03 bits per heavy atom. The summed E-state index contributed by atoms with van der Waals surface area (Å²) in [6.45, 7) is 5.55. The van der Waals surface area contributed by atoms with E-state index in [1.807, 2.05) is 58.5 Å². The van der Waals surface area contributed by atoms with Crippen LogP contribution >= 0.6 is 11.3 Å². The smallest absolute Gasteiger partial charge is 0.292 e. The number of hydrogen-bond acceptors (Lipinski definition) is 6. The molecule has 0 saturated carbocycles. The Labute approximate surface area is 208 Å². The highest BCUT2D eigenvalue weighted by molar-refractivity contribution is 7.10. The standard InChI is InChI=1S/C26H28N4O4S/c1-17-5-7-19(8-6-17)30-23(31)10-9-20(24(30)22-4-3-15-35-22)25(32)28-11-13-29(14-12-28)26(33)21-16-18(2)27-34-21/h3-8,15-16,20,24H,9-14H2,1-2H3. The number of carbonyl (C=O) groups is 3. The van der Waals surface area contributed by atoms with Gasteiger partial charge < -0.3 is 19.2 Å². The van der Waals surface area contributed by atoms with Crippen LogP contribution in [0.5, 0.6) is 0 Å². The topological polar surface area (TPSA) is 87.0 Å². The van der Waals surface area contributed by atoms with Gasteiger partial charge in [0.05, 0.1) is 17.7 Å². The van der Waals surface area contributed by atoms with E-state index >= 15 is 0 Å². The van der Waals surface area contributed by atoms with Gasteiger partial charge in [0.2, 0.25) is 17.6 Å². The minimum absolute atomic E-state index is 0.0362. The van der Waals surface area contributed by atoms with Crippen molar-refractivity contribution in [2.75, 3.05) is 31.1 Å². The van der Waals surface area contributed by atoms with E-state index < -0.39 is 0 Å². The van der Waals surface area contributed by atoms with Gasteiger partial charge in [-0.1, -0.05) is 28.9 Å². The van der Waals surface area contributed by atoms with Crippen molar-refractivity contribution < 1.29 is 18.9 Å². The molecule has 0 spiro atoms. The van der Waals surface area contributed by atoms with Crippen LogP contribution in [0.1, 0.15) is 45.6 Å². The third kappa shape index (κ3) is 4.60. The fourth-order valence-corrected chi connectivity index (χ4v) is 5.81. The molecule has 9 heteroatoms. The first-order valence-electron chi connectivity index (χ1n) is 11.9. The van der Waals surface area contributed by atoms with Crippen molar-refractivity contribution in [2.45, 2.75) is 32.7 Å². The molecule has 2 aliphatic heterocycles. The highest BCUT2D eigenvalue weighted by Gasteiger charge is 2.44. The number of anilines is 1. The zero-order valence-electron chi connectivity index (χ0n) is 19.8. The Kier molecular flexibility index (Phi) is 6.42. The van der Waals surface area contributed by atoms with Gasteiger partial charge in [0, 0.05) is 49.2 Å². The van der Waals surface area contributed by atoms with Crippen molar-refractivity contribution >= 4 is 34.7 Å². The number of nitrogens with zero attached hydrogens (tertiary/aromatic N) is 4. The van der Waals surface area contributed by atoms with Gasteiger partial charge in [0.25, 0.3) is 5.91 Å². The van der Waals surface area contributed by atoms with Crippen LogP contribution in [-0.2, 0) is 9.59 Å². The summed E-state index contributed by atoms with van der Waals surface area (Å²) in [6, 6.07) is 13.1. The number of carbonyl (C=O) groups excluding carboxylic acids is 3. The molecule has 2 atom stereocenters. The number of thiophene rings is 1. The largest absolute Gasteiger partial charge is 0.351 e. The lowest BCUT2D eigenvalue weighted by molar-refractivity contribution is -0.139. The average molecular weight is 493 g/mol. The second kappa shape index (κ2) is 9.65. The normalized spacial score (nSPS) is 20.9. The maximum absolute atomic E-state index is 13.8. The highest BCUT2D eigenvalue weighted by atomic mass is 32.1. The van der Waals surface area contributed by atoms with E-state index in [9.17, 15) is 14.4 Å². The first-order chi connectivity index (χ1) is 16.9. The van der Waals surface area contributed by atoms with E-state index in [1.165, 1.54) is 0 Å². The van der Waals surface area contributed by atoms with E-state index in [4.69, 9.17) is 4.52 Å². The van der Waals surface area contributed by atoms with Crippen LogP contribution in [0, 0.1) is 19.8 Å². The fourth-order valence-electron chi connectivity index (χ4n) is 4.93. The first-order valence-corrected chi connectivity index (χ1v) is 12.7. The molecule has 35 heavy (non-hydrogen) atoms. The number of aromatic nitrogens is 1. The van der Waals surface area contributed by atoms with Gasteiger partial charge in [-0.05, 0) is 43.8 Å². The van der Waals surface area contributed by atoms with Gasteiger partial charge in [0.15, 0.2) is 0 Å². The summed E-state index contributed by atoms with van der Waals surface area (Å²) in [4.78, 5) is 46.0. The quantitative estimate of drug-likeness (QED) is 0.553. The predicted octanol–water partition coefficient (Wildman–Crippen LogP) is 3.82. The second-order valence-corrected chi connectivity index (χ2v) is 10.1. The Morgan fingerprint density at radius 3 is 2.37 bits per heavy atom. The van der Waals surface area contributed by atoms with E-state index in [0.717, 1.165) is 16.1 Å². The summed E-state index contributed by atoms with van der Waals surface area (Å²) in [5.41, 5.74) is 2.59. The second-order valence-electron chi connectivity index (χ2n) is 9.15. The summed E-state index contributed by atoms with van der Waals surface area (Å²) < 4.78 is 5.12. The van der Waals surface area contributed by atoms with Gasteiger partial charge in [-0.25, -0.2) is 0 Å². The molecule has 8 nitrogen and oxygen atoms in total. The summed E-state index contributed by atoms with van der Waals surface area (Å²) >= 11 is 1.57. The Bertz CT molecular complexity index is 1210. The van der Waals surface area contributed by atoms with Gasteiger partial charge in [-0.15, -0.1) is 11.3 Å². The van der Waals surface area contributed by atoms with Crippen LogP contribution in [0.25, 0.3) is 0 Å². The molecule has 3 aromatic rings. The van der Waals surface area contributed by atoms with Crippen LogP contribution in [0.4, 0.5) is 5.69 Å². The summed E-state index contributed by atoms with van der Waals surface area (Å²) in [6.07, 6.45) is 0.842. The van der Waals surface area contributed by atoms with E-state index in [2.05, 4.69) is 5.16 Å². The molecule has 0 aliphatic carbocycles. The monoisotopic (exact) mass is 492 g/mol. The van der Waals surface area contributed by atoms with Crippen LogP contribution in [-0.4, -0.2) is 58.9 Å². The minimum atomic E-state index is -0.344. The van der Waals surface area contributed by atoms with Crippen LogP contribution < -0.4 is 4.90 Å². The van der Waals surface area contributed by atoms with Crippen LogP contribution in [0.2, 0.25) is 0 Å². The van der Waals surface area contributed by atoms with Gasteiger partial charge in [-0.2, -0.15) is 0 Å². The summed E-state index contributed by atoms with van der Waals surface area (Å²) in [5.74, 6) is -0.251. The maximum atomic E-state index is 13.8. The molecule has 2 fully saturated rings.